The normalized spacial score (nSPS) is 29.0. The number of hydrogen-bond donors (Lipinski definition) is 1. The summed E-state index contributed by atoms with van der Waals surface area (Å²) in [6.07, 6.45) is 5.55. The maximum absolute atomic E-state index is 11.6. The Kier molecular flexibility index (Phi) is 3.37. The zero-order chi connectivity index (χ0) is 9.80. The van der Waals surface area contributed by atoms with Crippen LogP contribution in [0.2, 0.25) is 0 Å². The molecule has 0 unspecified atom stereocenters. The predicted octanol–water partition coefficient (Wildman–Crippen LogP) is 0.682. The summed E-state index contributed by atoms with van der Waals surface area (Å²) in [6.45, 7) is 2.75. The van der Waals surface area contributed by atoms with Gasteiger partial charge < -0.3 is 10.2 Å². The molecule has 0 saturated carbocycles. The minimum atomic E-state index is -0.0931. The highest BCUT2D eigenvalue weighted by atomic mass is 16.7. The van der Waals surface area contributed by atoms with Gasteiger partial charge >= 0.3 is 5.97 Å². The third-order valence-corrected chi connectivity index (χ3v) is 2.88. The number of hydroxylamine groups is 2. The van der Waals surface area contributed by atoms with E-state index in [1.807, 2.05) is 5.06 Å². The third kappa shape index (κ3) is 2.45. The van der Waals surface area contributed by atoms with Crippen molar-refractivity contribution in [3.63, 3.8) is 0 Å². The average molecular weight is 198 g/mol. The summed E-state index contributed by atoms with van der Waals surface area (Å²) in [5.41, 5.74) is 0. The third-order valence-electron chi connectivity index (χ3n) is 2.88. The molecule has 0 bridgehead atoms. The molecule has 0 aliphatic carbocycles. The van der Waals surface area contributed by atoms with Gasteiger partial charge in [0.15, 0.2) is 0 Å². The fourth-order valence-electron chi connectivity index (χ4n) is 2.03. The largest absolute Gasteiger partial charge is 0.366 e. The molecular formula is C10H18N2O2. The molecule has 2 fully saturated rings. The number of hydrogen-bond acceptors (Lipinski definition) is 4. The summed E-state index contributed by atoms with van der Waals surface area (Å²) in [5, 5.41) is 4.96. The summed E-state index contributed by atoms with van der Waals surface area (Å²) in [4.78, 5) is 16.9. The SMILES string of the molecule is O=C(ON1CCCCC1)[C@@H]1CCCN1. The Bertz CT molecular complexity index is 196. The second-order valence-corrected chi connectivity index (χ2v) is 4.05. The molecule has 0 aromatic heterocycles. The first-order valence-electron chi connectivity index (χ1n) is 5.56. The van der Waals surface area contributed by atoms with Crippen LogP contribution in [0.25, 0.3) is 0 Å². The van der Waals surface area contributed by atoms with Gasteiger partial charge in [-0.05, 0) is 32.2 Å². The van der Waals surface area contributed by atoms with E-state index < -0.39 is 0 Å². The van der Waals surface area contributed by atoms with Gasteiger partial charge in [-0.15, -0.1) is 5.06 Å². The highest BCUT2D eigenvalue weighted by molar-refractivity contribution is 5.75. The van der Waals surface area contributed by atoms with Gasteiger partial charge in [0.1, 0.15) is 6.04 Å². The molecule has 0 aromatic rings. The second-order valence-electron chi connectivity index (χ2n) is 4.05. The fraction of sp³-hybridized carbons (Fsp3) is 0.900. The van der Waals surface area contributed by atoms with E-state index in [0.717, 1.165) is 45.3 Å². The van der Waals surface area contributed by atoms with Gasteiger partial charge in [-0.3, -0.25) is 0 Å². The van der Waals surface area contributed by atoms with E-state index in [0.29, 0.717) is 0 Å². The average Bonchev–Trinajstić information content (AvgIpc) is 2.72. The van der Waals surface area contributed by atoms with Crippen molar-refractivity contribution in [2.24, 2.45) is 0 Å². The molecule has 2 heterocycles. The molecule has 0 spiro atoms. The van der Waals surface area contributed by atoms with Crippen LogP contribution in [-0.4, -0.2) is 36.7 Å². The van der Waals surface area contributed by atoms with Gasteiger partial charge in [0, 0.05) is 13.1 Å². The molecule has 2 aliphatic rings. The van der Waals surface area contributed by atoms with Crippen molar-refractivity contribution >= 4 is 5.97 Å². The molecule has 0 aromatic carbocycles. The summed E-state index contributed by atoms with van der Waals surface area (Å²) in [7, 11) is 0. The molecule has 1 atom stereocenters. The van der Waals surface area contributed by atoms with Gasteiger partial charge in [-0.25, -0.2) is 4.79 Å². The lowest BCUT2D eigenvalue weighted by Gasteiger charge is -2.25. The van der Waals surface area contributed by atoms with Crippen molar-refractivity contribution in [1.82, 2.24) is 10.4 Å². The first-order chi connectivity index (χ1) is 6.86. The summed E-state index contributed by atoms with van der Waals surface area (Å²) < 4.78 is 0. The standard InChI is InChI=1S/C10H18N2O2/c13-10(9-5-4-6-11-9)14-12-7-2-1-3-8-12/h9,11H,1-8H2/t9-/m0/s1. The summed E-state index contributed by atoms with van der Waals surface area (Å²) in [5.74, 6) is -0.0931. The zero-order valence-electron chi connectivity index (χ0n) is 8.50. The van der Waals surface area contributed by atoms with Crippen LogP contribution in [0.4, 0.5) is 0 Å². The Hall–Kier alpha value is -0.610. The molecule has 0 amide bonds. The van der Waals surface area contributed by atoms with Crippen LogP contribution in [0.5, 0.6) is 0 Å². The lowest BCUT2D eigenvalue weighted by molar-refractivity contribution is -0.196. The van der Waals surface area contributed by atoms with Crippen LogP contribution >= 0.6 is 0 Å². The Labute approximate surface area is 84.6 Å². The number of nitrogens with one attached hydrogen (secondary N) is 1. The molecule has 0 radical (unpaired) electrons. The molecule has 2 saturated heterocycles. The number of carbonyl (C=O) groups is 1. The van der Waals surface area contributed by atoms with Crippen LogP contribution in [0, 0.1) is 0 Å². The number of carbonyl (C=O) groups excluding carboxylic acids is 1. The fourth-order valence-corrected chi connectivity index (χ4v) is 2.03. The maximum atomic E-state index is 11.6. The topological polar surface area (TPSA) is 41.6 Å². The van der Waals surface area contributed by atoms with Gasteiger partial charge in [-0.2, -0.15) is 0 Å². The predicted molar refractivity (Wildman–Crippen MR) is 52.5 cm³/mol. The highest BCUT2D eigenvalue weighted by Crippen LogP contribution is 2.12. The summed E-state index contributed by atoms with van der Waals surface area (Å²) in [6, 6.07) is -0.0584. The van der Waals surface area contributed by atoms with Crippen LogP contribution in [-0.2, 0) is 9.63 Å². The summed E-state index contributed by atoms with van der Waals surface area (Å²) >= 11 is 0. The Morgan fingerprint density at radius 2 is 2.00 bits per heavy atom. The van der Waals surface area contributed by atoms with Crippen LogP contribution in [0.15, 0.2) is 0 Å². The van der Waals surface area contributed by atoms with E-state index in [4.69, 9.17) is 4.84 Å². The van der Waals surface area contributed by atoms with Gasteiger partial charge in [0.25, 0.3) is 0 Å². The van der Waals surface area contributed by atoms with E-state index in [1.165, 1.54) is 6.42 Å². The van der Waals surface area contributed by atoms with Gasteiger partial charge in [-0.1, -0.05) is 6.42 Å². The van der Waals surface area contributed by atoms with Crippen molar-refractivity contribution in [3.05, 3.63) is 0 Å². The van der Waals surface area contributed by atoms with Crippen molar-refractivity contribution in [1.29, 1.82) is 0 Å². The van der Waals surface area contributed by atoms with E-state index >= 15 is 0 Å². The molecule has 80 valence electrons. The quantitative estimate of drug-likeness (QED) is 0.708. The number of piperidine rings is 1. The van der Waals surface area contributed by atoms with Crippen molar-refractivity contribution in [2.45, 2.75) is 38.1 Å². The first-order valence-corrected chi connectivity index (χ1v) is 5.56. The molecule has 14 heavy (non-hydrogen) atoms. The molecular weight excluding hydrogens is 180 g/mol. The molecule has 4 nitrogen and oxygen atoms in total. The first kappa shape index (κ1) is 9.93. The number of nitrogens with zero attached hydrogens (tertiary/aromatic N) is 1. The lowest BCUT2D eigenvalue weighted by Crippen LogP contribution is -2.39. The van der Waals surface area contributed by atoms with Gasteiger partial charge in [0.05, 0.1) is 0 Å². The van der Waals surface area contributed by atoms with Crippen molar-refractivity contribution in [3.8, 4) is 0 Å². The van der Waals surface area contributed by atoms with E-state index in [-0.39, 0.29) is 12.0 Å². The Morgan fingerprint density at radius 3 is 2.64 bits per heavy atom. The van der Waals surface area contributed by atoms with Gasteiger partial charge in [0.2, 0.25) is 0 Å². The minimum absolute atomic E-state index is 0.0584. The van der Waals surface area contributed by atoms with E-state index in [9.17, 15) is 4.79 Å². The molecule has 4 heteroatoms. The van der Waals surface area contributed by atoms with Crippen molar-refractivity contribution in [2.75, 3.05) is 19.6 Å². The Balaban J connectivity index is 1.75. The second kappa shape index (κ2) is 4.75. The maximum Gasteiger partial charge on any atom is 0.341 e. The smallest absolute Gasteiger partial charge is 0.341 e. The Morgan fingerprint density at radius 1 is 1.21 bits per heavy atom. The molecule has 2 rings (SSSR count). The van der Waals surface area contributed by atoms with Crippen LogP contribution < -0.4 is 5.32 Å². The molecule has 1 N–H and O–H groups in total. The number of rotatable bonds is 2. The highest BCUT2D eigenvalue weighted by Gasteiger charge is 2.26. The monoisotopic (exact) mass is 198 g/mol. The van der Waals surface area contributed by atoms with Crippen molar-refractivity contribution < 1.29 is 9.63 Å². The zero-order valence-corrected chi connectivity index (χ0v) is 8.50. The molecule has 2 aliphatic heterocycles. The minimum Gasteiger partial charge on any atom is -0.366 e. The van der Waals surface area contributed by atoms with Crippen LogP contribution in [0.1, 0.15) is 32.1 Å². The van der Waals surface area contributed by atoms with E-state index in [2.05, 4.69) is 5.32 Å². The van der Waals surface area contributed by atoms with E-state index in [1.54, 1.807) is 0 Å². The lowest BCUT2D eigenvalue weighted by atomic mass is 10.2. The van der Waals surface area contributed by atoms with Crippen LogP contribution in [0.3, 0.4) is 0 Å².